The highest BCUT2D eigenvalue weighted by Crippen LogP contribution is 2.27. The Morgan fingerprint density at radius 1 is 1.24 bits per heavy atom. The van der Waals surface area contributed by atoms with Crippen molar-refractivity contribution in [1.29, 1.82) is 5.26 Å². The van der Waals surface area contributed by atoms with Crippen molar-refractivity contribution in [1.82, 2.24) is 0 Å². The number of nitrogen functional groups attached to an aromatic ring is 1. The van der Waals surface area contributed by atoms with E-state index in [0.717, 1.165) is 0 Å². The van der Waals surface area contributed by atoms with Crippen LogP contribution in [0.15, 0.2) is 47.4 Å². The number of ether oxygens (including phenoxy) is 1. The summed E-state index contributed by atoms with van der Waals surface area (Å²) in [7, 11) is -2.16. The molecule has 0 heterocycles. The number of benzene rings is 2. The second-order valence-corrected chi connectivity index (χ2v) is 6.39. The minimum atomic E-state index is -3.62. The van der Waals surface area contributed by atoms with Crippen molar-refractivity contribution < 1.29 is 13.2 Å². The number of rotatable bonds is 4. The van der Waals surface area contributed by atoms with Crippen LogP contribution in [0.3, 0.4) is 0 Å². The molecule has 0 amide bonds. The van der Waals surface area contributed by atoms with Gasteiger partial charge in [0, 0.05) is 5.56 Å². The lowest BCUT2D eigenvalue weighted by Gasteiger charge is -2.11. The van der Waals surface area contributed by atoms with Crippen molar-refractivity contribution in [3.05, 3.63) is 53.6 Å². The molecule has 0 unspecified atom stereocenters. The number of para-hydroxylation sites is 1. The molecule has 2 aromatic rings. The van der Waals surface area contributed by atoms with E-state index in [-0.39, 0.29) is 16.3 Å². The summed E-state index contributed by atoms with van der Waals surface area (Å²) in [5, 5.41) is 8.92. The van der Waals surface area contributed by atoms with Gasteiger partial charge in [-0.1, -0.05) is 12.1 Å². The van der Waals surface area contributed by atoms with Crippen LogP contribution in [0.1, 0.15) is 11.1 Å². The standard InChI is InChI=1S/C15H14N2O3S/c1-20-14-7-6-11(9-16)8-12(14)10-21(18,19)15-5-3-2-4-13(15)17/h2-8H,10,17H2,1H3. The van der Waals surface area contributed by atoms with Crippen molar-refractivity contribution in [2.45, 2.75) is 10.6 Å². The molecule has 0 saturated heterocycles. The number of nitriles is 1. The van der Waals surface area contributed by atoms with Crippen molar-refractivity contribution in [3.63, 3.8) is 0 Å². The molecule has 0 aliphatic heterocycles. The van der Waals surface area contributed by atoms with Crippen LogP contribution in [0.25, 0.3) is 0 Å². The number of anilines is 1. The highest BCUT2D eigenvalue weighted by molar-refractivity contribution is 7.90. The monoisotopic (exact) mass is 302 g/mol. The number of methoxy groups -OCH3 is 1. The van der Waals surface area contributed by atoms with Gasteiger partial charge in [-0.2, -0.15) is 5.26 Å². The van der Waals surface area contributed by atoms with Crippen molar-refractivity contribution >= 4 is 15.5 Å². The quantitative estimate of drug-likeness (QED) is 0.873. The number of sulfone groups is 1. The minimum Gasteiger partial charge on any atom is -0.496 e. The first kappa shape index (κ1) is 14.9. The summed E-state index contributed by atoms with van der Waals surface area (Å²) in [4.78, 5) is 0.0782. The first-order chi connectivity index (χ1) is 9.97. The molecule has 2 N–H and O–H groups in total. The van der Waals surface area contributed by atoms with Gasteiger partial charge in [0.25, 0.3) is 0 Å². The van der Waals surface area contributed by atoms with Gasteiger partial charge < -0.3 is 10.5 Å². The zero-order valence-corrected chi connectivity index (χ0v) is 12.2. The molecule has 0 aliphatic rings. The maximum atomic E-state index is 12.5. The van der Waals surface area contributed by atoms with E-state index in [1.165, 1.54) is 25.3 Å². The average molecular weight is 302 g/mol. The second kappa shape index (κ2) is 5.85. The van der Waals surface area contributed by atoms with Crippen LogP contribution in [0.2, 0.25) is 0 Å². The lowest BCUT2D eigenvalue weighted by molar-refractivity contribution is 0.411. The number of nitrogens with zero attached hydrogens (tertiary/aromatic N) is 1. The fraction of sp³-hybridized carbons (Fsp3) is 0.133. The van der Waals surface area contributed by atoms with Gasteiger partial charge in [0.15, 0.2) is 9.84 Å². The SMILES string of the molecule is COc1ccc(C#N)cc1CS(=O)(=O)c1ccccc1N. The van der Waals surface area contributed by atoms with Crippen LogP contribution in [0.5, 0.6) is 5.75 Å². The second-order valence-electron chi connectivity index (χ2n) is 4.44. The van der Waals surface area contributed by atoms with Gasteiger partial charge in [0.05, 0.1) is 35.1 Å². The largest absolute Gasteiger partial charge is 0.496 e. The third-order valence-electron chi connectivity index (χ3n) is 3.01. The van der Waals surface area contributed by atoms with Gasteiger partial charge >= 0.3 is 0 Å². The zero-order chi connectivity index (χ0) is 15.5. The lowest BCUT2D eigenvalue weighted by atomic mass is 10.1. The molecule has 21 heavy (non-hydrogen) atoms. The molecule has 0 bridgehead atoms. The van der Waals surface area contributed by atoms with E-state index < -0.39 is 9.84 Å². The molecule has 0 atom stereocenters. The van der Waals surface area contributed by atoms with Gasteiger partial charge in [-0.3, -0.25) is 0 Å². The van der Waals surface area contributed by atoms with E-state index in [4.69, 9.17) is 15.7 Å². The van der Waals surface area contributed by atoms with Crippen LogP contribution in [-0.2, 0) is 15.6 Å². The van der Waals surface area contributed by atoms with Gasteiger partial charge in [-0.15, -0.1) is 0 Å². The van der Waals surface area contributed by atoms with Crippen molar-refractivity contribution in [3.8, 4) is 11.8 Å². The first-order valence-electron chi connectivity index (χ1n) is 6.12. The van der Waals surface area contributed by atoms with E-state index >= 15 is 0 Å². The summed E-state index contributed by atoms with van der Waals surface area (Å²) in [5.74, 6) is 0.145. The van der Waals surface area contributed by atoms with Gasteiger partial charge in [0.2, 0.25) is 0 Å². The third kappa shape index (κ3) is 3.15. The van der Waals surface area contributed by atoms with Crippen LogP contribution in [0.4, 0.5) is 5.69 Å². The molecule has 6 heteroatoms. The Bertz CT molecular complexity index is 808. The summed E-state index contributed by atoms with van der Waals surface area (Å²) in [6, 6.07) is 12.9. The lowest BCUT2D eigenvalue weighted by Crippen LogP contribution is -2.09. The summed E-state index contributed by atoms with van der Waals surface area (Å²) in [6.45, 7) is 0. The fourth-order valence-electron chi connectivity index (χ4n) is 2.01. The Hall–Kier alpha value is -2.52. The predicted octanol–water partition coefficient (Wildman–Crippen LogP) is 2.12. The fourth-order valence-corrected chi connectivity index (χ4v) is 3.51. The predicted molar refractivity (Wildman–Crippen MR) is 79.5 cm³/mol. The topological polar surface area (TPSA) is 93.2 Å². The van der Waals surface area contributed by atoms with Crippen molar-refractivity contribution in [2.24, 2.45) is 0 Å². The molecule has 0 spiro atoms. The highest BCUT2D eigenvalue weighted by Gasteiger charge is 2.20. The Labute approximate surface area is 123 Å². The summed E-state index contributed by atoms with van der Waals surface area (Å²) >= 11 is 0. The van der Waals surface area contributed by atoms with Crippen LogP contribution < -0.4 is 10.5 Å². The van der Waals surface area contributed by atoms with Gasteiger partial charge in [0.1, 0.15) is 5.75 Å². The van der Waals surface area contributed by atoms with Crippen LogP contribution >= 0.6 is 0 Å². The smallest absolute Gasteiger partial charge is 0.184 e. The van der Waals surface area contributed by atoms with E-state index in [1.54, 1.807) is 24.3 Å². The Morgan fingerprint density at radius 2 is 1.95 bits per heavy atom. The zero-order valence-electron chi connectivity index (χ0n) is 11.4. The maximum absolute atomic E-state index is 12.5. The Kier molecular flexibility index (Phi) is 4.15. The molecular weight excluding hydrogens is 288 g/mol. The number of hydrogen-bond donors (Lipinski definition) is 1. The van der Waals surface area contributed by atoms with Crippen molar-refractivity contribution in [2.75, 3.05) is 12.8 Å². The van der Waals surface area contributed by atoms with E-state index in [2.05, 4.69) is 0 Å². The minimum absolute atomic E-state index is 0.0782. The molecular formula is C15H14N2O3S. The van der Waals surface area contributed by atoms with E-state index in [1.807, 2.05) is 6.07 Å². The van der Waals surface area contributed by atoms with Crippen LogP contribution in [0, 0.1) is 11.3 Å². The maximum Gasteiger partial charge on any atom is 0.184 e. The van der Waals surface area contributed by atoms with Crippen LogP contribution in [-0.4, -0.2) is 15.5 Å². The van der Waals surface area contributed by atoms with E-state index in [9.17, 15) is 8.42 Å². The average Bonchev–Trinajstić information content (AvgIpc) is 2.47. The highest BCUT2D eigenvalue weighted by atomic mass is 32.2. The first-order valence-corrected chi connectivity index (χ1v) is 7.77. The molecule has 0 radical (unpaired) electrons. The summed E-state index contributed by atoms with van der Waals surface area (Å²) in [6.07, 6.45) is 0. The molecule has 0 aromatic heterocycles. The third-order valence-corrected chi connectivity index (χ3v) is 4.74. The van der Waals surface area contributed by atoms with Gasteiger partial charge in [-0.25, -0.2) is 8.42 Å². The number of hydrogen-bond acceptors (Lipinski definition) is 5. The molecule has 2 rings (SSSR count). The van der Waals surface area contributed by atoms with E-state index in [0.29, 0.717) is 16.9 Å². The molecule has 2 aromatic carbocycles. The van der Waals surface area contributed by atoms with Gasteiger partial charge in [-0.05, 0) is 30.3 Å². The number of nitrogens with two attached hydrogens (primary N) is 1. The summed E-state index contributed by atoms with van der Waals surface area (Å²) in [5.41, 5.74) is 6.73. The summed E-state index contributed by atoms with van der Waals surface area (Å²) < 4.78 is 30.1. The normalized spacial score (nSPS) is 10.9. The molecule has 0 saturated carbocycles. The Balaban J connectivity index is 2.46. The Morgan fingerprint density at radius 3 is 2.57 bits per heavy atom. The molecule has 0 fully saturated rings. The molecule has 108 valence electrons. The molecule has 0 aliphatic carbocycles. The molecule has 5 nitrogen and oxygen atoms in total.